The molecule has 0 aromatic carbocycles. The zero-order chi connectivity index (χ0) is 15.4. The van der Waals surface area contributed by atoms with Gasteiger partial charge in [0.1, 0.15) is 0 Å². The van der Waals surface area contributed by atoms with Crippen molar-refractivity contribution in [1.29, 1.82) is 0 Å². The Morgan fingerprint density at radius 2 is 1.86 bits per heavy atom. The largest absolute Gasteiger partial charge is 0.340 e. The van der Waals surface area contributed by atoms with Crippen LogP contribution in [0.1, 0.15) is 72.1 Å². The fourth-order valence-electron chi connectivity index (χ4n) is 4.48. The Bertz CT molecular complexity index is 344. The number of likely N-dealkylation sites (tertiary alicyclic amines) is 1. The highest BCUT2D eigenvalue weighted by Gasteiger charge is 2.42. The summed E-state index contributed by atoms with van der Waals surface area (Å²) in [6, 6.07) is 0.340. The summed E-state index contributed by atoms with van der Waals surface area (Å²) >= 11 is 0. The van der Waals surface area contributed by atoms with Gasteiger partial charge in [0.15, 0.2) is 0 Å². The highest BCUT2D eigenvalue weighted by molar-refractivity contribution is 6.11. The maximum atomic E-state index is 12.9. The fourth-order valence-corrected chi connectivity index (χ4v) is 4.48. The Kier molecular flexibility index (Phi) is 6.19. The number of carbonyl (C=O) groups is 1. The van der Waals surface area contributed by atoms with Gasteiger partial charge in [-0.05, 0) is 44.9 Å². The zero-order valence-electron chi connectivity index (χ0n) is 14.2. The first kappa shape index (κ1) is 16.9. The van der Waals surface area contributed by atoms with Crippen molar-refractivity contribution < 1.29 is 4.79 Å². The number of amides is 1. The minimum atomic E-state index is 0.267. The molecule has 1 aliphatic carbocycles. The summed E-state index contributed by atoms with van der Waals surface area (Å²) in [5.74, 6) is 2.36. The van der Waals surface area contributed by atoms with E-state index in [4.69, 9.17) is 7.85 Å². The van der Waals surface area contributed by atoms with Crippen LogP contribution in [-0.4, -0.2) is 31.2 Å². The second kappa shape index (κ2) is 7.69. The maximum absolute atomic E-state index is 12.9. The third-order valence-corrected chi connectivity index (χ3v) is 5.64. The van der Waals surface area contributed by atoms with Crippen molar-refractivity contribution in [3.63, 3.8) is 0 Å². The van der Waals surface area contributed by atoms with Crippen molar-refractivity contribution in [2.45, 2.75) is 84.0 Å². The Labute approximate surface area is 132 Å². The van der Waals surface area contributed by atoms with Crippen molar-refractivity contribution in [2.75, 3.05) is 6.54 Å². The quantitative estimate of drug-likeness (QED) is 0.713. The summed E-state index contributed by atoms with van der Waals surface area (Å²) < 4.78 is 0. The fraction of sp³-hybridized carbons (Fsp3) is 0.944. The molecule has 1 aliphatic heterocycles. The summed E-state index contributed by atoms with van der Waals surface area (Å²) in [5.41, 5.74) is 0. The van der Waals surface area contributed by atoms with Gasteiger partial charge >= 0.3 is 0 Å². The number of hydrogen-bond donors (Lipinski definition) is 0. The molecule has 4 atom stereocenters. The van der Waals surface area contributed by atoms with Crippen LogP contribution in [0.15, 0.2) is 0 Å². The van der Waals surface area contributed by atoms with Gasteiger partial charge in [0, 0.05) is 18.5 Å². The topological polar surface area (TPSA) is 20.3 Å². The molecule has 0 aromatic rings. The average molecular weight is 289 g/mol. The first-order chi connectivity index (χ1) is 10.0. The predicted octanol–water partition coefficient (Wildman–Crippen LogP) is 4.20. The monoisotopic (exact) mass is 289 g/mol. The average Bonchev–Trinajstić information content (AvgIpc) is 2.52. The molecule has 118 valence electrons. The normalized spacial score (nSPS) is 35.0. The summed E-state index contributed by atoms with van der Waals surface area (Å²) in [6.07, 6.45) is 9.33. The molecular formula is C18H32BNO. The molecule has 0 spiro atoms. The highest BCUT2D eigenvalue weighted by atomic mass is 16.2. The van der Waals surface area contributed by atoms with Gasteiger partial charge in [0.2, 0.25) is 5.91 Å². The second-order valence-corrected chi connectivity index (χ2v) is 7.53. The molecule has 2 radical (unpaired) electrons. The van der Waals surface area contributed by atoms with Crippen LogP contribution in [0.5, 0.6) is 0 Å². The Morgan fingerprint density at radius 3 is 2.48 bits per heavy atom. The number of rotatable bonds is 3. The minimum absolute atomic E-state index is 0.267. The molecule has 0 aromatic heterocycles. The molecule has 1 saturated heterocycles. The van der Waals surface area contributed by atoms with E-state index in [-0.39, 0.29) is 5.92 Å². The van der Waals surface area contributed by atoms with Gasteiger partial charge in [-0.15, -0.1) is 0 Å². The van der Waals surface area contributed by atoms with E-state index in [2.05, 4.69) is 25.7 Å². The van der Waals surface area contributed by atoms with Crippen molar-refractivity contribution in [1.82, 2.24) is 4.90 Å². The van der Waals surface area contributed by atoms with Crippen molar-refractivity contribution in [3.8, 4) is 0 Å². The molecule has 0 bridgehead atoms. The van der Waals surface area contributed by atoms with Crippen LogP contribution in [0.3, 0.4) is 0 Å². The molecule has 0 N–H and O–H groups in total. The van der Waals surface area contributed by atoms with Gasteiger partial charge in [-0.2, -0.15) is 0 Å². The van der Waals surface area contributed by atoms with Gasteiger partial charge in [-0.25, -0.2) is 0 Å². The molecule has 2 aliphatic rings. The van der Waals surface area contributed by atoms with E-state index in [1.165, 1.54) is 25.7 Å². The second-order valence-electron chi connectivity index (χ2n) is 7.53. The predicted molar refractivity (Wildman–Crippen MR) is 89.4 cm³/mol. The van der Waals surface area contributed by atoms with Crippen molar-refractivity contribution in [3.05, 3.63) is 0 Å². The standard InChI is InChI=1S/C18H32BNO/c1-4-7-14-12-20(13(2)3)18(21)17-11-6-9-15(19)8-5-10-16(14)17/h13-17H,4-12H2,1-3H3. The third kappa shape index (κ3) is 4.04. The minimum Gasteiger partial charge on any atom is -0.340 e. The van der Waals surface area contributed by atoms with Crippen LogP contribution in [0.4, 0.5) is 0 Å². The van der Waals surface area contributed by atoms with Gasteiger partial charge in [-0.1, -0.05) is 44.8 Å². The van der Waals surface area contributed by atoms with Gasteiger partial charge < -0.3 is 4.90 Å². The van der Waals surface area contributed by atoms with Crippen LogP contribution in [0.25, 0.3) is 0 Å². The molecule has 2 rings (SSSR count). The molecular weight excluding hydrogens is 257 g/mol. The Balaban J connectivity index is 2.18. The maximum Gasteiger partial charge on any atom is 0.226 e. The number of carbonyl (C=O) groups excluding carboxylic acids is 1. The lowest BCUT2D eigenvalue weighted by molar-refractivity contribution is -0.147. The Hall–Kier alpha value is -0.465. The summed E-state index contributed by atoms with van der Waals surface area (Å²) in [5, 5.41) is 0. The van der Waals surface area contributed by atoms with Crippen molar-refractivity contribution in [2.24, 2.45) is 17.8 Å². The van der Waals surface area contributed by atoms with E-state index < -0.39 is 0 Å². The SMILES string of the molecule is [B]C1CCCC2C(=O)N(C(C)C)CC(CCC)C2CCC1. The van der Waals surface area contributed by atoms with E-state index >= 15 is 0 Å². The lowest BCUT2D eigenvalue weighted by Crippen LogP contribution is -2.52. The number of nitrogens with zero attached hydrogens (tertiary/aromatic N) is 1. The highest BCUT2D eigenvalue weighted by Crippen LogP contribution is 2.41. The van der Waals surface area contributed by atoms with Crippen molar-refractivity contribution >= 4 is 13.8 Å². The first-order valence-electron chi connectivity index (χ1n) is 9.10. The lowest BCUT2D eigenvalue weighted by Gasteiger charge is -2.45. The molecule has 21 heavy (non-hydrogen) atoms. The third-order valence-electron chi connectivity index (χ3n) is 5.64. The number of hydrogen-bond acceptors (Lipinski definition) is 1. The molecule has 2 nitrogen and oxygen atoms in total. The molecule has 4 unspecified atom stereocenters. The smallest absolute Gasteiger partial charge is 0.226 e. The summed E-state index contributed by atoms with van der Waals surface area (Å²) in [6.45, 7) is 7.58. The summed E-state index contributed by atoms with van der Waals surface area (Å²) in [4.78, 5) is 15.1. The van der Waals surface area contributed by atoms with E-state index in [9.17, 15) is 4.79 Å². The lowest BCUT2D eigenvalue weighted by atomic mass is 9.71. The molecule has 1 saturated carbocycles. The van der Waals surface area contributed by atoms with Crippen LogP contribution in [0.2, 0.25) is 5.82 Å². The number of fused-ring (bicyclic) bond motifs is 1. The van der Waals surface area contributed by atoms with E-state index in [0.717, 1.165) is 32.2 Å². The van der Waals surface area contributed by atoms with E-state index in [1.54, 1.807) is 0 Å². The number of piperidine rings is 1. The van der Waals surface area contributed by atoms with Gasteiger partial charge in [0.25, 0.3) is 0 Å². The van der Waals surface area contributed by atoms with Gasteiger partial charge in [-0.3, -0.25) is 4.79 Å². The molecule has 1 heterocycles. The molecule has 1 amide bonds. The molecule has 3 heteroatoms. The van der Waals surface area contributed by atoms with Crippen LogP contribution in [-0.2, 0) is 4.79 Å². The van der Waals surface area contributed by atoms with E-state index in [1.807, 2.05) is 0 Å². The van der Waals surface area contributed by atoms with Crippen LogP contribution >= 0.6 is 0 Å². The van der Waals surface area contributed by atoms with E-state index in [0.29, 0.717) is 29.6 Å². The Morgan fingerprint density at radius 1 is 1.19 bits per heavy atom. The van der Waals surface area contributed by atoms with Crippen LogP contribution < -0.4 is 0 Å². The summed E-state index contributed by atoms with van der Waals surface area (Å²) in [7, 11) is 6.17. The first-order valence-corrected chi connectivity index (χ1v) is 9.10. The molecule has 2 fully saturated rings. The zero-order valence-corrected chi connectivity index (χ0v) is 14.2. The van der Waals surface area contributed by atoms with Crippen LogP contribution in [0, 0.1) is 17.8 Å². The van der Waals surface area contributed by atoms with Gasteiger partial charge in [0.05, 0.1) is 7.85 Å².